The predicted octanol–water partition coefficient (Wildman–Crippen LogP) is 4.05. The van der Waals surface area contributed by atoms with Gasteiger partial charge in [-0.2, -0.15) is 8.61 Å². The van der Waals surface area contributed by atoms with Gasteiger partial charge in [0.1, 0.15) is 0 Å². The van der Waals surface area contributed by atoms with Gasteiger partial charge in [0.05, 0.1) is 9.79 Å². The van der Waals surface area contributed by atoms with Crippen LogP contribution in [0.15, 0.2) is 58.3 Å². The second kappa shape index (κ2) is 10.7. The fourth-order valence-electron chi connectivity index (χ4n) is 4.62. The van der Waals surface area contributed by atoms with Gasteiger partial charge in [0.25, 0.3) is 0 Å². The first kappa shape index (κ1) is 25.0. The second-order valence-electron chi connectivity index (χ2n) is 9.02. The van der Waals surface area contributed by atoms with E-state index in [0.29, 0.717) is 26.2 Å². The van der Waals surface area contributed by atoms with E-state index in [4.69, 9.17) is 0 Å². The van der Waals surface area contributed by atoms with Crippen LogP contribution in [-0.2, 0) is 20.0 Å². The van der Waals surface area contributed by atoms with Gasteiger partial charge in [-0.15, -0.1) is 0 Å². The molecule has 0 aromatic heterocycles. The zero-order valence-electron chi connectivity index (χ0n) is 19.4. The molecule has 184 valence electrons. The molecule has 0 atom stereocenters. The van der Waals surface area contributed by atoms with Gasteiger partial charge < -0.3 is 0 Å². The molecule has 2 aliphatic rings. The summed E-state index contributed by atoms with van der Waals surface area (Å²) in [6.07, 6.45) is 7.38. The molecule has 0 aliphatic carbocycles. The first-order valence-corrected chi connectivity index (χ1v) is 14.9. The molecular formula is C25H32N2O5S2. The minimum Gasteiger partial charge on any atom is -0.289 e. The quantitative estimate of drug-likeness (QED) is 0.554. The van der Waals surface area contributed by atoms with Crippen LogP contribution in [0, 0.1) is 0 Å². The fraction of sp³-hybridized carbons (Fsp3) is 0.480. The normalized spacial score (nSPS) is 19.3. The maximum absolute atomic E-state index is 13.3. The summed E-state index contributed by atoms with van der Waals surface area (Å²) in [5.74, 6) is -0.402. The Hall–Kier alpha value is -2.07. The van der Waals surface area contributed by atoms with Crippen molar-refractivity contribution >= 4 is 25.8 Å². The largest absolute Gasteiger partial charge is 0.289 e. The Balaban J connectivity index is 1.60. The van der Waals surface area contributed by atoms with E-state index in [9.17, 15) is 21.6 Å². The zero-order valence-corrected chi connectivity index (χ0v) is 21.0. The molecule has 4 rings (SSSR count). The first-order valence-electron chi connectivity index (χ1n) is 12.1. The summed E-state index contributed by atoms with van der Waals surface area (Å²) in [6, 6.07) is 12.1. The molecule has 34 heavy (non-hydrogen) atoms. The van der Waals surface area contributed by atoms with Gasteiger partial charge in [0.15, 0.2) is 5.78 Å². The van der Waals surface area contributed by atoms with Crippen LogP contribution in [0.1, 0.15) is 67.3 Å². The minimum atomic E-state index is -3.69. The van der Waals surface area contributed by atoms with E-state index in [2.05, 4.69) is 0 Å². The number of rotatable bonds is 6. The predicted molar refractivity (Wildman–Crippen MR) is 131 cm³/mol. The van der Waals surface area contributed by atoms with Crippen LogP contribution in [0.4, 0.5) is 0 Å². The van der Waals surface area contributed by atoms with Crippen LogP contribution in [0.25, 0.3) is 0 Å². The molecule has 0 bridgehead atoms. The summed E-state index contributed by atoms with van der Waals surface area (Å²) in [5.41, 5.74) is 0.445. The van der Waals surface area contributed by atoms with Crippen molar-refractivity contribution < 1.29 is 21.6 Å². The summed E-state index contributed by atoms with van der Waals surface area (Å²) >= 11 is 0. The van der Waals surface area contributed by atoms with Crippen LogP contribution in [0.3, 0.4) is 0 Å². The third-order valence-corrected chi connectivity index (χ3v) is 10.4. The lowest BCUT2D eigenvalue weighted by atomic mass is 10.0. The lowest BCUT2D eigenvalue weighted by Crippen LogP contribution is -2.32. The Morgan fingerprint density at radius 2 is 0.912 bits per heavy atom. The van der Waals surface area contributed by atoms with Crippen molar-refractivity contribution in [3.63, 3.8) is 0 Å². The molecule has 2 aromatic rings. The van der Waals surface area contributed by atoms with Crippen LogP contribution in [0.5, 0.6) is 0 Å². The molecule has 0 radical (unpaired) electrons. The maximum Gasteiger partial charge on any atom is 0.243 e. The molecule has 2 aliphatic heterocycles. The molecule has 0 spiro atoms. The molecule has 9 heteroatoms. The number of ketones is 1. The highest BCUT2D eigenvalue weighted by molar-refractivity contribution is 7.89. The maximum atomic E-state index is 13.3. The number of sulfonamides is 2. The van der Waals surface area contributed by atoms with E-state index >= 15 is 0 Å². The SMILES string of the molecule is O=C(c1cccc(S(=O)(=O)N2CCCCCC2)c1)c1cccc(S(=O)(=O)N2CCCCCC2)c1. The number of benzene rings is 2. The molecule has 2 saturated heterocycles. The monoisotopic (exact) mass is 504 g/mol. The fourth-order valence-corrected chi connectivity index (χ4v) is 7.75. The number of carbonyl (C=O) groups is 1. The Morgan fingerprint density at radius 1 is 0.559 bits per heavy atom. The van der Waals surface area contributed by atoms with Crippen molar-refractivity contribution in [1.82, 2.24) is 8.61 Å². The smallest absolute Gasteiger partial charge is 0.243 e. The highest BCUT2D eigenvalue weighted by Crippen LogP contribution is 2.24. The van der Waals surface area contributed by atoms with Crippen LogP contribution in [-0.4, -0.2) is 57.4 Å². The number of hydrogen-bond donors (Lipinski definition) is 0. The Morgan fingerprint density at radius 3 is 1.26 bits per heavy atom. The van der Waals surface area contributed by atoms with E-state index in [0.717, 1.165) is 51.4 Å². The van der Waals surface area contributed by atoms with Crippen LogP contribution >= 0.6 is 0 Å². The Labute approximate surface area is 202 Å². The van der Waals surface area contributed by atoms with E-state index in [1.54, 1.807) is 24.3 Å². The molecule has 0 unspecified atom stereocenters. The molecule has 0 amide bonds. The lowest BCUT2D eigenvalue weighted by Gasteiger charge is -2.20. The third kappa shape index (κ3) is 5.43. The summed E-state index contributed by atoms with van der Waals surface area (Å²) < 4.78 is 55.7. The van der Waals surface area contributed by atoms with E-state index in [-0.39, 0.29) is 20.9 Å². The summed E-state index contributed by atoms with van der Waals surface area (Å²) in [6.45, 7) is 1.93. The van der Waals surface area contributed by atoms with Crippen molar-refractivity contribution in [3.8, 4) is 0 Å². The highest BCUT2D eigenvalue weighted by Gasteiger charge is 2.28. The van der Waals surface area contributed by atoms with Crippen LogP contribution < -0.4 is 0 Å². The van der Waals surface area contributed by atoms with Crippen molar-refractivity contribution in [2.24, 2.45) is 0 Å². The van der Waals surface area contributed by atoms with Crippen molar-refractivity contribution in [2.45, 2.75) is 61.2 Å². The van der Waals surface area contributed by atoms with Gasteiger partial charge in [-0.25, -0.2) is 16.8 Å². The number of nitrogens with zero attached hydrogens (tertiary/aromatic N) is 2. The molecule has 7 nitrogen and oxygen atoms in total. The lowest BCUT2D eigenvalue weighted by molar-refractivity contribution is 0.103. The first-order chi connectivity index (χ1) is 16.3. The van der Waals surface area contributed by atoms with E-state index in [1.807, 2.05) is 0 Å². The number of hydrogen-bond acceptors (Lipinski definition) is 5. The molecule has 2 fully saturated rings. The van der Waals surface area contributed by atoms with E-state index in [1.165, 1.54) is 32.9 Å². The van der Waals surface area contributed by atoms with Gasteiger partial charge in [0.2, 0.25) is 20.0 Å². The molecular weight excluding hydrogens is 472 g/mol. The minimum absolute atomic E-state index is 0.0913. The Bertz CT molecular complexity index is 1130. The molecule has 2 heterocycles. The average Bonchev–Trinajstić information content (AvgIpc) is 3.30. The van der Waals surface area contributed by atoms with Gasteiger partial charge >= 0.3 is 0 Å². The second-order valence-corrected chi connectivity index (χ2v) is 12.9. The third-order valence-electron chi connectivity index (χ3n) is 6.60. The zero-order chi connectivity index (χ0) is 24.2. The van der Waals surface area contributed by atoms with Crippen molar-refractivity contribution in [3.05, 3.63) is 59.7 Å². The molecule has 2 aromatic carbocycles. The Kier molecular flexibility index (Phi) is 7.87. The van der Waals surface area contributed by atoms with Gasteiger partial charge in [-0.3, -0.25) is 4.79 Å². The van der Waals surface area contributed by atoms with Crippen molar-refractivity contribution in [2.75, 3.05) is 26.2 Å². The topological polar surface area (TPSA) is 91.8 Å². The summed E-state index contributed by atoms with van der Waals surface area (Å²) in [4.78, 5) is 13.4. The van der Waals surface area contributed by atoms with E-state index < -0.39 is 25.8 Å². The van der Waals surface area contributed by atoms with Crippen LogP contribution in [0.2, 0.25) is 0 Å². The number of carbonyl (C=O) groups excluding carboxylic acids is 1. The highest BCUT2D eigenvalue weighted by atomic mass is 32.2. The van der Waals surface area contributed by atoms with Crippen molar-refractivity contribution in [1.29, 1.82) is 0 Å². The summed E-state index contributed by atoms with van der Waals surface area (Å²) in [7, 11) is -7.39. The molecule has 0 saturated carbocycles. The van der Waals surface area contributed by atoms with Gasteiger partial charge in [-0.05, 0) is 49.9 Å². The standard InChI is InChI=1S/C25H32N2O5S2/c28-25(21-11-9-13-23(19-21)33(29,30)26-15-5-1-2-6-16-26)22-12-10-14-24(20-22)34(31,32)27-17-7-3-4-8-18-27/h9-14,19-20H,1-8,15-18H2. The average molecular weight is 505 g/mol. The molecule has 0 N–H and O–H groups in total. The van der Waals surface area contributed by atoms with Gasteiger partial charge in [0, 0.05) is 37.3 Å². The summed E-state index contributed by atoms with van der Waals surface area (Å²) in [5, 5.41) is 0. The van der Waals surface area contributed by atoms with Gasteiger partial charge in [-0.1, -0.05) is 49.9 Å².